The van der Waals surface area contributed by atoms with E-state index in [0.717, 1.165) is 6.54 Å². The summed E-state index contributed by atoms with van der Waals surface area (Å²) in [5, 5.41) is 1.78. The predicted octanol–water partition coefficient (Wildman–Crippen LogP) is -0.582. The first kappa shape index (κ1) is 13.7. The Labute approximate surface area is 72.8 Å². The average Bonchev–Trinajstić information content (AvgIpc) is 2.04. The summed E-state index contributed by atoms with van der Waals surface area (Å²) in [5.41, 5.74) is 6.99. The molecule has 0 spiro atoms. The number of primary amides is 1. The Morgan fingerprint density at radius 3 is 2.08 bits per heavy atom. The average molecular weight is 178 g/mol. The third kappa shape index (κ3) is 16.1. The van der Waals surface area contributed by atoms with E-state index in [0.29, 0.717) is 6.61 Å². The summed E-state index contributed by atoms with van der Waals surface area (Å²) in [4.78, 5) is 9.60. The monoisotopic (exact) mass is 178 g/mol. The topological polar surface area (TPSA) is 93.6 Å². The van der Waals surface area contributed by atoms with Crippen molar-refractivity contribution in [3.63, 3.8) is 0 Å². The largest absolute Gasteiger partial charge is 0.450 e. The zero-order valence-electron chi connectivity index (χ0n) is 7.83. The van der Waals surface area contributed by atoms with Gasteiger partial charge >= 0.3 is 6.09 Å². The van der Waals surface area contributed by atoms with Crippen molar-refractivity contribution in [3.8, 4) is 0 Å². The smallest absolute Gasteiger partial charge is 0.404 e. The highest BCUT2D eigenvalue weighted by atomic mass is 16.5. The fourth-order valence-electron chi connectivity index (χ4n) is 0.234. The van der Waals surface area contributed by atoms with Crippen LogP contribution in [0, 0.1) is 0 Å². The van der Waals surface area contributed by atoms with E-state index in [1.807, 2.05) is 14.0 Å². The lowest BCUT2D eigenvalue weighted by Gasteiger charge is -2.08. The normalized spacial score (nSPS) is 8.75. The van der Waals surface area contributed by atoms with Gasteiger partial charge in [-0.1, -0.05) is 6.92 Å². The fraction of sp³-hybridized carbons (Fsp3) is 0.833. The van der Waals surface area contributed by atoms with Crippen LogP contribution in [-0.4, -0.2) is 31.3 Å². The van der Waals surface area contributed by atoms with Crippen molar-refractivity contribution in [2.75, 3.05) is 20.2 Å². The fourth-order valence-corrected chi connectivity index (χ4v) is 0.234. The first-order chi connectivity index (χ1) is 5.58. The number of hydrogen-bond acceptors (Lipinski definition) is 5. The Kier molecular flexibility index (Phi) is 11.6. The highest BCUT2D eigenvalue weighted by molar-refractivity contribution is 5.64. The lowest BCUT2D eigenvalue weighted by Crippen LogP contribution is -2.39. The lowest BCUT2D eigenvalue weighted by molar-refractivity contribution is 0.163. The molecule has 0 rings (SSSR count). The van der Waals surface area contributed by atoms with Crippen LogP contribution in [0.1, 0.15) is 13.8 Å². The van der Waals surface area contributed by atoms with E-state index in [1.165, 1.54) is 0 Å². The van der Waals surface area contributed by atoms with Crippen LogP contribution in [0.3, 0.4) is 0 Å². The number of carbonyl (C=O) groups excluding carboxylic acids is 1. The number of nitrogens with one attached hydrogen (secondary N) is 1. The lowest BCUT2D eigenvalue weighted by atomic mass is 10.7. The number of nitrogens with two attached hydrogens (primary N) is 2. The Morgan fingerprint density at radius 2 is 2.08 bits per heavy atom. The molecule has 0 unspecified atom stereocenters. The van der Waals surface area contributed by atoms with Crippen LogP contribution in [0.15, 0.2) is 0 Å². The van der Waals surface area contributed by atoms with Crippen molar-refractivity contribution in [3.05, 3.63) is 0 Å². The predicted molar refractivity (Wildman–Crippen MR) is 46.8 cm³/mol. The molecule has 1 amide bonds. The Hall–Kier alpha value is -0.850. The first-order valence-electron chi connectivity index (χ1n) is 3.68. The maximum atomic E-state index is 9.60. The van der Waals surface area contributed by atoms with E-state index in [-0.39, 0.29) is 0 Å². The third-order valence-electron chi connectivity index (χ3n) is 0.981. The van der Waals surface area contributed by atoms with Gasteiger partial charge in [0.15, 0.2) is 0 Å². The van der Waals surface area contributed by atoms with Crippen LogP contribution in [-0.2, 0) is 4.74 Å². The Bertz CT molecular complexity index is 106. The summed E-state index contributed by atoms with van der Waals surface area (Å²) in [7, 11) is 1.88. The second-order valence-electron chi connectivity index (χ2n) is 1.90. The molecule has 5 N–H and O–H groups in total. The van der Waals surface area contributed by atoms with Gasteiger partial charge in [0, 0.05) is 13.6 Å². The number of nitrogens with zero attached hydrogens (tertiary/aromatic N) is 1. The maximum Gasteiger partial charge on any atom is 0.404 e. The van der Waals surface area contributed by atoms with E-state index in [4.69, 9.17) is 5.84 Å². The third-order valence-corrected chi connectivity index (χ3v) is 0.981. The summed E-state index contributed by atoms with van der Waals surface area (Å²) < 4.78 is 4.18. The number of carbonyl (C=O) groups is 1. The molecule has 74 valence electrons. The minimum absolute atomic E-state index is 0.356. The van der Waals surface area contributed by atoms with Crippen molar-refractivity contribution in [2.24, 2.45) is 11.6 Å². The highest BCUT2D eigenvalue weighted by Gasteiger charge is 1.82. The Balaban J connectivity index is 0. The second kappa shape index (κ2) is 10.2. The van der Waals surface area contributed by atoms with Gasteiger partial charge in [-0.25, -0.2) is 9.80 Å². The van der Waals surface area contributed by atoms with Crippen LogP contribution >= 0.6 is 0 Å². The number of ether oxygens (including phenoxy) is 1. The molecular formula is C6H18N4O2. The standard InChI is InChI=1S/C3H11N3.C3H7NO2/c1-3-6(2)5-4;1-2-6-3(4)5/h5H,3-4H2,1-2H3;2H2,1H3,(H2,4,5). The summed E-state index contributed by atoms with van der Waals surface area (Å²) >= 11 is 0. The molecule has 6 heteroatoms. The molecule has 6 nitrogen and oxygen atoms in total. The number of hydrazine groups is 2. The quantitative estimate of drug-likeness (QED) is 0.397. The van der Waals surface area contributed by atoms with E-state index in [1.54, 1.807) is 11.9 Å². The molecule has 0 aliphatic carbocycles. The summed E-state index contributed by atoms with van der Waals surface area (Å²) in [6.07, 6.45) is -0.711. The van der Waals surface area contributed by atoms with E-state index < -0.39 is 6.09 Å². The summed E-state index contributed by atoms with van der Waals surface area (Å²) in [6, 6.07) is 0. The van der Waals surface area contributed by atoms with Gasteiger partial charge in [-0.05, 0) is 6.92 Å². The van der Waals surface area contributed by atoms with Crippen molar-refractivity contribution in [1.29, 1.82) is 0 Å². The number of amides is 1. The molecule has 0 aromatic heterocycles. The van der Waals surface area contributed by atoms with Gasteiger partial charge in [0.1, 0.15) is 0 Å². The van der Waals surface area contributed by atoms with Gasteiger partial charge < -0.3 is 10.5 Å². The van der Waals surface area contributed by atoms with E-state index in [2.05, 4.69) is 16.0 Å². The molecule has 0 aliphatic heterocycles. The summed E-state index contributed by atoms with van der Waals surface area (Å²) in [5.74, 6) is 4.96. The molecule has 0 aliphatic rings. The minimum atomic E-state index is -0.711. The number of rotatable bonds is 3. The van der Waals surface area contributed by atoms with Crippen molar-refractivity contribution in [2.45, 2.75) is 13.8 Å². The SMILES string of the molecule is CCN(C)NN.CCOC(N)=O. The molecule has 0 fully saturated rings. The molecule has 0 saturated heterocycles. The summed E-state index contributed by atoms with van der Waals surface area (Å²) in [6.45, 7) is 5.00. The minimum Gasteiger partial charge on any atom is -0.450 e. The van der Waals surface area contributed by atoms with Crippen LogP contribution in [0.25, 0.3) is 0 Å². The van der Waals surface area contributed by atoms with Gasteiger partial charge in [-0.3, -0.25) is 5.84 Å². The zero-order valence-corrected chi connectivity index (χ0v) is 7.83. The first-order valence-corrected chi connectivity index (χ1v) is 3.68. The molecule has 0 atom stereocenters. The van der Waals surface area contributed by atoms with Crippen LogP contribution < -0.4 is 17.1 Å². The van der Waals surface area contributed by atoms with Gasteiger partial charge in [0.25, 0.3) is 0 Å². The molecule has 0 saturated carbocycles. The highest BCUT2D eigenvalue weighted by Crippen LogP contribution is 1.66. The molecule has 0 aromatic rings. The van der Waals surface area contributed by atoms with Gasteiger partial charge in [-0.15, -0.1) is 0 Å². The van der Waals surface area contributed by atoms with Crippen molar-refractivity contribution >= 4 is 6.09 Å². The van der Waals surface area contributed by atoms with Crippen molar-refractivity contribution in [1.82, 2.24) is 10.5 Å². The Morgan fingerprint density at radius 1 is 1.58 bits per heavy atom. The molecule has 0 radical (unpaired) electrons. The molecular weight excluding hydrogens is 160 g/mol. The van der Waals surface area contributed by atoms with Gasteiger partial charge in [-0.2, -0.15) is 5.53 Å². The van der Waals surface area contributed by atoms with Gasteiger partial charge in [0.2, 0.25) is 0 Å². The van der Waals surface area contributed by atoms with Crippen LogP contribution in [0.2, 0.25) is 0 Å². The maximum absolute atomic E-state index is 9.60. The second-order valence-corrected chi connectivity index (χ2v) is 1.90. The van der Waals surface area contributed by atoms with Gasteiger partial charge in [0.05, 0.1) is 6.61 Å². The number of hydrogen-bond donors (Lipinski definition) is 3. The van der Waals surface area contributed by atoms with E-state index >= 15 is 0 Å². The molecule has 0 aromatic carbocycles. The molecule has 12 heavy (non-hydrogen) atoms. The molecule has 0 heterocycles. The van der Waals surface area contributed by atoms with Crippen LogP contribution in [0.4, 0.5) is 4.79 Å². The van der Waals surface area contributed by atoms with Crippen molar-refractivity contribution < 1.29 is 9.53 Å². The van der Waals surface area contributed by atoms with Crippen LogP contribution in [0.5, 0.6) is 0 Å². The van der Waals surface area contributed by atoms with E-state index in [9.17, 15) is 4.79 Å². The zero-order chi connectivity index (χ0) is 9.98. The molecule has 0 bridgehead atoms.